The fraction of sp³-hybridized carbons (Fsp3) is 0.800. The zero-order valence-corrected chi connectivity index (χ0v) is 24.6. The van der Waals surface area contributed by atoms with Gasteiger partial charge in [0.2, 0.25) is 0 Å². The van der Waals surface area contributed by atoms with Crippen molar-refractivity contribution < 1.29 is 44.9 Å². The fourth-order valence-electron chi connectivity index (χ4n) is 4.53. The molecule has 0 N–H and O–H groups in total. The van der Waals surface area contributed by atoms with Crippen molar-refractivity contribution in [2.24, 2.45) is 0 Å². The summed E-state index contributed by atoms with van der Waals surface area (Å²) >= 11 is 2.97. The molecule has 0 bridgehead atoms. The Morgan fingerprint density at radius 2 is 0.861 bits per heavy atom. The van der Waals surface area contributed by atoms with E-state index in [2.05, 4.69) is 35.8 Å². The molecule has 2 atom stereocenters. The van der Waals surface area contributed by atoms with E-state index in [0.717, 1.165) is 0 Å². The second-order valence-electron chi connectivity index (χ2n) is 8.16. The van der Waals surface area contributed by atoms with Crippen LogP contribution in [0.5, 0.6) is 0 Å². The number of fused-ring (bicyclic) bond motifs is 1. The zero-order valence-electron chi connectivity index (χ0n) is 20.3. The van der Waals surface area contributed by atoms with E-state index in [9.17, 15) is 19.2 Å². The summed E-state index contributed by atoms with van der Waals surface area (Å²) < 4.78 is 18.5. The van der Waals surface area contributed by atoms with Crippen LogP contribution in [0.25, 0.3) is 0 Å². The minimum Gasteiger partial charge on any atom is -0.469 e. The van der Waals surface area contributed by atoms with Gasteiger partial charge in [0.05, 0.1) is 52.2 Å². The Morgan fingerprint density at radius 1 is 0.583 bits per heavy atom. The minimum absolute atomic E-state index is 0.110. The molecule has 2 saturated heterocycles. The quantitative estimate of drug-likeness (QED) is 0.105. The van der Waals surface area contributed by atoms with Crippen molar-refractivity contribution >= 4 is 69.9 Å². The van der Waals surface area contributed by atoms with Gasteiger partial charge in [0, 0.05) is 52.4 Å². The number of rotatable bonds is 14. The van der Waals surface area contributed by atoms with Crippen LogP contribution in [0.15, 0.2) is 0 Å². The average Bonchev–Trinajstić information content (AvgIpc) is 2.88. The number of hydrogen-bond acceptors (Lipinski definition) is 14. The molecule has 0 saturated carbocycles. The van der Waals surface area contributed by atoms with E-state index in [0.29, 0.717) is 52.4 Å². The number of carbonyl (C=O) groups is 4. The van der Waals surface area contributed by atoms with Crippen molar-refractivity contribution in [3.05, 3.63) is 0 Å². The third-order valence-electron chi connectivity index (χ3n) is 6.23. The van der Waals surface area contributed by atoms with Gasteiger partial charge in [0.25, 0.3) is 0 Å². The normalized spacial score (nSPS) is 21.4. The zero-order chi connectivity index (χ0) is 26.5. The molecular formula is C20H32I2N4O10. The third kappa shape index (κ3) is 9.76. The maximum Gasteiger partial charge on any atom is 0.344 e. The highest BCUT2D eigenvalue weighted by molar-refractivity contribution is 14.1. The Labute approximate surface area is 238 Å². The predicted molar refractivity (Wildman–Crippen MR) is 139 cm³/mol. The van der Waals surface area contributed by atoms with Crippen molar-refractivity contribution in [1.29, 1.82) is 0 Å². The van der Waals surface area contributed by atoms with E-state index in [4.69, 9.17) is 9.47 Å². The van der Waals surface area contributed by atoms with Crippen molar-refractivity contribution in [1.82, 2.24) is 19.6 Å². The highest BCUT2D eigenvalue weighted by atomic mass is 127. The van der Waals surface area contributed by atoms with E-state index < -0.39 is 11.9 Å². The summed E-state index contributed by atoms with van der Waals surface area (Å²) in [5, 5.41) is 0. The van der Waals surface area contributed by atoms with Gasteiger partial charge in [-0.3, -0.25) is 39.0 Å². The van der Waals surface area contributed by atoms with Crippen LogP contribution in [-0.4, -0.2) is 122 Å². The van der Waals surface area contributed by atoms with Crippen molar-refractivity contribution in [3.63, 3.8) is 0 Å². The van der Waals surface area contributed by atoms with Gasteiger partial charge in [-0.15, -0.1) is 6.43 Å². The molecule has 14 nitrogen and oxygen atoms in total. The van der Waals surface area contributed by atoms with Gasteiger partial charge in [0.15, 0.2) is 46.0 Å². The van der Waals surface area contributed by atoms with Crippen LogP contribution in [0.1, 0.15) is 25.7 Å². The van der Waals surface area contributed by atoms with Crippen LogP contribution in [0, 0.1) is 0 Å². The van der Waals surface area contributed by atoms with E-state index >= 15 is 0 Å². The first-order valence-electron chi connectivity index (χ1n) is 11.4. The lowest BCUT2D eigenvalue weighted by Gasteiger charge is -2.58. The Kier molecular flexibility index (Phi) is 14.7. The van der Waals surface area contributed by atoms with Crippen LogP contribution in [0.3, 0.4) is 0 Å². The molecule has 2 aliphatic heterocycles. The molecule has 0 amide bonds. The van der Waals surface area contributed by atoms with Gasteiger partial charge in [-0.1, -0.05) is 0 Å². The lowest BCUT2D eigenvalue weighted by molar-refractivity contribution is -0.200. The van der Waals surface area contributed by atoms with Gasteiger partial charge in [0.1, 0.15) is 0 Å². The number of hydrogen-bond donors (Lipinski definition) is 0. The van der Waals surface area contributed by atoms with Crippen LogP contribution in [0.2, 0.25) is 0 Å². The first-order valence-corrected chi connectivity index (χ1v) is 13.2. The van der Waals surface area contributed by atoms with E-state index in [1.807, 2.05) is 0 Å². The molecule has 0 spiro atoms. The second kappa shape index (κ2) is 16.8. The highest BCUT2D eigenvalue weighted by Crippen LogP contribution is 2.28. The standard InChI is InChI=1S/C20H32I2N4O10/c1-31-15(27)3-7-23-11-12-24(8-4-16(28)32-2)20-19(23)25(9-5-17(29)33-35-21)13-14-26(20)10-6-18(30)34-36-22/h19-20H,3-14H2,1-2H3. The molecule has 2 fully saturated rings. The Morgan fingerprint density at radius 3 is 1.11 bits per heavy atom. The van der Waals surface area contributed by atoms with Gasteiger partial charge in [-0.25, -0.2) is 9.59 Å². The molecule has 206 valence electrons. The monoisotopic (exact) mass is 742 g/mol. The van der Waals surface area contributed by atoms with Gasteiger partial charge >= 0.3 is 23.9 Å². The topological polar surface area (TPSA) is 137 Å². The van der Waals surface area contributed by atoms with Crippen LogP contribution in [0.4, 0.5) is 0 Å². The maximum atomic E-state index is 12.0. The molecule has 0 aromatic carbocycles. The molecule has 0 aliphatic carbocycles. The van der Waals surface area contributed by atoms with Crippen molar-refractivity contribution in [3.8, 4) is 0 Å². The fourth-order valence-corrected chi connectivity index (χ4v) is 4.93. The molecule has 0 aromatic heterocycles. The SMILES string of the molecule is COC(=O)CCN1CCN(CCC(=O)OC)C2C1N(CCC(=O)OOI)CCN2CCC(=O)OOI. The lowest BCUT2D eigenvalue weighted by atomic mass is 10.1. The molecule has 16 heteroatoms. The second-order valence-corrected chi connectivity index (χ2v) is 8.88. The molecule has 0 aromatic rings. The third-order valence-corrected chi connectivity index (χ3v) is 6.59. The summed E-state index contributed by atoms with van der Waals surface area (Å²) in [4.78, 5) is 65.6. The van der Waals surface area contributed by atoms with E-state index in [1.54, 1.807) is 0 Å². The first kappa shape index (κ1) is 31.3. The Balaban J connectivity index is 2.28. The van der Waals surface area contributed by atoms with E-state index in [-0.39, 0.29) is 50.0 Å². The molecule has 2 unspecified atom stereocenters. The molecule has 0 radical (unpaired) electrons. The summed E-state index contributed by atoms with van der Waals surface area (Å²) in [7, 11) is 2.70. The number of piperazine rings is 2. The summed E-state index contributed by atoms with van der Waals surface area (Å²) in [6, 6.07) is 0. The highest BCUT2D eigenvalue weighted by Gasteiger charge is 2.46. The summed E-state index contributed by atoms with van der Waals surface area (Å²) in [5.74, 6) is -1.62. The number of ether oxygens (including phenoxy) is 2. The number of nitrogens with zero attached hydrogens (tertiary/aromatic N) is 4. The molecule has 2 heterocycles. The van der Waals surface area contributed by atoms with E-state index in [1.165, 1.54) is 60.2 Å². The van der Waals surface area contributed by atoms with Crippen LogP contribution >= 0.6 is 46.0 Å². The maximum absolute atomic E-state index is 12.0. The molecule has 36 heavy (non-hydrogen) atoms. The number of esters is 2. The largest absolute Gasteiger partial charge is 0.469 e. The summed E-state index contributed by atoms with van der Waals surface area (Å²) in [6.45, 7) is 4.19. The summed E-state index contributed by atoms with van der Waals surface area (Å²) in [5.41, 5.74) is 0. The van der Waals surface area contributed by atoms with Crippen LogP contribution < -0.4 is 0 Å². The number of halogens is 2. The smallest absolute Gasteiger partial charge is 0.344 e. The molecule has 2 rings (SSSR count). The van der Waals surface area contributed by atoms with Gasteiger partial charge in [-0.2, -0.15) is 0 Å². The molecule has 2 aliphatic rings. The van der Waals surface area contributed by atoms with Crippen molar-refractivity contribution in [2.75, 3.05) is 66.6 Å². The molecular weight excluding hydrogens is 710 g/mol. The van der Waals surface area contributed by atoms with Gasteiger partial charge < -0.3 is 9.47 Å². The predicted octanol–water partition coefficient (Wildman–Crippen LogP) is 0.430. The number of methoxy groups -OCH3 is 2. The van der Waals surface area contributed by atoms with Gasteiger partial charge in [-0.05, 0) is 0 Å². The lowest BCUT2D eigenvalue weighted by Crippen LogP contribution is -2.74. The van der Waals surface area contributed by atoms with Crippen molar-refractivity contribution in [2.45, 2.75) is 38.0 Å². The first-order chi connectivity index (χ1) is 17.3. The Bertz CT molecular complexity index is 689. The number of carbonyl (C=O) groups excluding carboxylic acids is 4. The summed E-state index contributed by atoms with van der Waals surface area (Å²) in [6.07, 6.45) is 0.191. The Hall–Kier alpha value is -0.900. The average molecular weight is 742 g/mol. The van der Waals surface area contributed by atoms with Crippen LogP contribution in [-0.2, 0) is 44.9 Å². The minimum atomic E-state index is -0.496.